The number of ether oxygens (including phenoxy) is 2. The molecule has 1 aromatic carbocycles. The van der Waals surface area contributed by atoms with Crippen LogP contribution in [0, 0.1) is 0 Å². The molecule has 2 fully saturated rings. The lowest BCUT2D eigenvalue weighted by atomic mass is 10.1. The number of hydrogen-bond acceptors (Lipinski definition) is 4. The lowest BCUT2D eigenvalue weighted by molar-refractivity contribution is -0.146. The Hall–Kier alpha value is -2.08. The fourth-order valence-electron chi connectivity index (χ4n) is 3.39. The summed E-state index contributed by atoms with van der Waals surface area (Å²) in [6, 6.07) is 9.30. The molecule has 136 valence electrons. The SMILES string of the molecule is O=C([C@@H]1CCCN1C(=O)CCCOc1ccccc1)N1CCOCC1. The van der Waals surface area contributed by atoms with Gasteiger partial charge in [-0.05, 0) is 31.4 Å². The van der Waals surface area contributed by atoms with Crippen LogP contribution in [-0.4, -0.2) is 67.1 Å². The Bertz CT molecular complexity index is 572. The highest BCUT2D eigenvalue weighted by atomic mass is 16.5. The number of amides is 2. The minimum atomic E-state index is -0.291. The maximum absolute atomic E-state index is 12.7. The standard InChI is InChI=1S/C19H26N2O4/c22-18(9-5-13-25-16-6-2-1-3-7-16)21-10-4-8-17(21)19(23)20-11-14-24-15-12-20/h1-3,6-7,17H,4-5,8-15H2/t17-/m0/s1. The number of carbonyl (C=O) groups is 2. The molecule has 1 atom stereocenters. The average Bonchev–Trinajstić information content (AvgIpc) is 3.16. The number of carbonyl (C=O) groups excluding carboxylic acids is 2. The van der Waals surface area contributed by atoms with Crippen molar-refractivity contribution in [2.24, 2.45) is 0 Å². The molecule has 0 bridgehead atoms. The Morgan fingerprint density at radius 2 is 1.88 bits per heavy atom. The van der Waals surface area contributed by atoms with E-state index in [0.717, 1.165) is 18.6 Å². The molecule has 25 heavy (non-hydrogen) atoms. The molecule has 0 aliphatic carbocycles. The van der Waals surface area contributed by atoms with E-state index in [1.807, 2.05) is 35.2 Å². The first kappa shape index (κ1) is 17.7. The zero-order valence-corrected chi connectivity index (χ0v) is 14.6. The van der Waals surface area contributed by atoms with Gasteiger partial charge < -0.3 is 19.3 Å². The second-order valence-corrected chi connectivity index (χ2v) is 6.45. The molecule has 2 saturated heterocycles. The summed E-state index contributed by atoms with van der Waals surface area (Å²) in [6.45, 7) is 3.61. The van der Waals surface area contributed by atoms with Gasteiger partial charge in [0.05, 0.1) is 19.8 Å². The molecule has 2 aliphatic rings. The van der Waals surface area contributed by atoms with Crippen LogP contribution < -0.4 is 4.74 Å². The van der Waals surface area contributed by atoms with Gasteiger partial charge in [0.1, 0.15) is 11.8 Å². The van der Waals surface area contributed by atoms with E-state index in [1.165, 1.54) is 0 Å². The fourth-order valence-corrected chi connectivity index (χ4v) is 3.39. The minimum absolute atomic E-state index is 0.0563. The zero-order chi connectivity index (χ0) is 17.5. The number of benzene rings is 1. The van der Waals surface area contributed by atoms with Gasteiger partial charge in [-0.3, -0.25) is 9.59 Å². The summed E-state index contributed by atoms with van der Waals surface area (Å²) < 4.78 is 10.9. The van der Waals surface area contributed by atoms with E-state index in [1.54, 1.807) is 4.90 Å². The van der Waals surface area contributed by atoms with E-state index in [0.29, 0.717) is 52.3 Å². The quantitative estimate of drug-likeness (QED) is 0.736. The molecule has 0 unspecified atom stereocenters. The summed E-state index contributed by atoms with van der Waals surface area (Å²) in [4.78, 5) is 28.8. The monoisotopic (exact) mass is 346 g/mol. The van der Waals surface area contributed by atoms with E-state index in [2.05, 4.69) is 0 Å². The van der Waals surface area contributed by atoms with Gasteiger partial charge in [-0.25, -0.2) is 0 Å². The molecule has 0 radical (unpaired) electrons. The number of rotatable bonds is 6. The Labute approximate surface area is 148 Å². The Morgan fingerprint density at radius 1 is 1.12 bits per heavy atom. The number of hydrogen-bond donors (Lipinski definition) is 0. The number of likely N-dealkylation sites (tertiary alicyclic amines) is 1. The van der Waals surface area contributed by atoms with Gasteiger partial charge in [0.2, 0.25) is 11.8 Å². The van der Waals surface area contributed by atoms with Gasteiger partial charge >= 0.3 is 0 Å². The van der Waals surface area contributed by atoms with E-state index in [-0.39, 0.29) is 17.9 Å². The van der Waals surface area contributed by atoms with Crippen LogP contribution in [0.5, 0.6) is 5.75 Å². The summed E-state index contributed by atoms with van der Waals surface area (Å²) in [6.07, 6.45) is 2.73. The third-order valence-electron chi connectivity index (χ3n) is 4.73. The van der Waals surface area contributed by atoms with Crippen molar-refractivity contribution in [3.63, 3.8) is 0 Å². The van der Waals surface area contributed by atoms with Crippen molar-refractivity contribution in [3.8, 4) is 5.75 Å². The first-order valence-corrected chi connectivity index (χ1v) is 9.09. The summed E-state index contributed by atoms with van der Waals surface area (Å²) in [7, 11) is 0. The summed E-state index contributed by atoms with van der Waals surface area (Å²) >= 11 is 0. The van der Waals surface area contributed by atoms with Crippen LogP contribution >= 0.6 is 0 Å². The normalized spacial score (nSPS) is 20.6. The van der Waals surface area contributed by atoms with E-state index >= 15 is 0 Å². The molecule has 6 heteroatoms. The second kappa shape index (κ2) is 8.85. The Morgan fingerprint density at radius 3 is 2.64 bits per heavy atom. The minimum Gasteiger partial charge on any atom is -0.494 e. The van der Waals surface area contributed by atoms with Crippen LogP contribution in [0.4, 0.5) is 0 Å². The predicted molar refractivity (Wildman–Crippen MR) is 93.3 cm³/mol. The average molecular weight is 346 g/mol. The predicted octanol–water partition coefficient (Wildman–Crippen LogP) is 1.70. The van der Waals surface area contributed by atoms with Crippen LogP contribution in [0.3, 0.4) is 0 Å². The molecule has 3 rings (SSSR count). The van der Waals surface area contributed by atoms with Crippen molar-refractivity contribution >= 4 is 11.8 Å². The van der Waals surface area contributed by atoms with Crippen LogP contribution in [0.1, 0.15) is 25.7 Å². The van der Waals surface area contributed by atoms with Crippen molar-refractivity contribution in [1.82, 2.24) is 9.80 Å². The maximum Gasteiger partial charge on any atom is 0.245 e. The molecule has 0 N–H and O–H groups in total. The first-order chi connectivity index (χ1) is 12.3. The van der Waals surface area contributed by atoms with E-state index in [9.17, 15) is 9.59 Å². The zero-order valence-electron chi connectivity index (χ0n) is 14.6. The van der Waals surface area contributed by atoms with Gasteiger partial charge in [0.15, 0.2) is 0 Å². The van der Waals surface area contributed by atoms with Crippen molar-refractivity contribution < 1.29 is 19.1 Å². The molecule has 0 spiro atoms. The molecule has 0 saturated carbocycles. The topological polar surface area (TPSA) is 59.1 Å². The smallest absolute Gasteiger partial charge is 0.245 e. The molecule has 2 amide bonds. The van der Waals surface area contributed by atoms with Crippen LogP contribution in [-0.2, 0) is 14.3 Å². The van der Waals surface area contributed by atoms with E-state index in [4.69, 9.17) is 9.47 Å². The maximum atomic E-state index is 12.7. The first-order valence-electron chi connectivity index (χ1n) is 9.09. The van der Waals surface area contributed by atoms with Crippen LogP contribution in [0.15, 0.2) is 30.3 Å². The van der Waals surface area contributed by atoms with Crippen LogP contribution in [0.25, 0.3) is 0 Å². The van der Waals surface area contributed by atoms with Gasteiger partial charge in [-0.2, -0.15) is 0 Å². The lowest BCUT2D eigenvalue weighted by Crippen LogP contribution is -2.51. The summed E-state index contributed by atoms with van der Waals surface area (Å²) in [5.74, 6) is 0.951. The summed E-state index contributed by atoms with van der Waals surface area (Å²) in [5.41, 5.74) is 0. The fraction of sp³-hybridized carbons (Fsp3) is 0.579. The highest BCUT2D eigenvalue weighted by Gasteiger charge is 2.36. The Balaban J connectivity index is 1.44. The molecule has 6 nitrogen and oxygen atoms in total. The van der Waals surface area contributed by atoms with Gasteiger partial charge in [0.25, 0.3) is 0 Å². The third kappa shape index (κ3) is 4.72. The largest absolute Gasteiger partial charge is 0.494 e. The lowest BCUT2D eigenvalue weighted by Gasteiger charge is -2.32. The van der Waals surface area contributed by atoms with Crippen LogP contribution in [0.2, 0.25) is 0 Å². The van der Waals surface area contributed by atoms with Gasteiger partial charge in [-0.15, -0.1) is 0 Å². The molecule has 1 aromatic rings. The highest BCUT2D eigenvalue weighted by Crippen LogP contribution is 2.21. The molecular weight excluding hydrogens is 320 g/mol. The molecule has 2 aliphatic heterocycles. The van der Waals surface area contributed by atoms with Crippen molar-refractivity contribution in [3.05, 3.63) is 30.3 Å². The number of nitrogens with zero attached hydrogens (tertiary/aromatic N) is 2. The van der Waals surface area contributed by atoms with E-state index < -0.39 is 0 Å². The number of para-hydroxylation sites is 1. The van der Waals surface area contributed by atoms with Crippen molar-refractivity contribution in [1.29, 1.82) is 0 Å². The second-order valence-electron chi connectivity index (χ2n) is 6.45. The van der Waals surface area contributed by atoms with Crippen molar-refractivity contribution in [2.45, 2.75) is 31.7 Å². The van der Waals surface area contributed by atoms with Gasteiger partial charge in [-0.1, -0.05) is 18.2 Å². The number of morpholine rings is 1. The highest BCUT2D eigenvalue weighted by molar-refractivity contribution is 5.88. The Kier molecular flexibility index (Phi) is 6.28. The van der Waals surface area contributed by atoms with Gasteiger partial charge in [0, 0.05) is 26.1 Å². The van der Waals surface area contributed by atoms with Crippen molar-refractivity contribution in [2.75, 3.05) is 39.5 Å². The summed E-state index contributed by atoms with van der Waals surface area (Å²) in [5, 5.41) is 0. The molecular formula is C19H26N2O4. The molecule has 0 aromatic heterocycles. The molecule has 2 heterocycles. The third-order valence-corrected chi connectivity index (χ3v) is 4.73.